The number of carbonyl (C=O) groups excluding carboxylic acids is 3. The molecule has 1 aliphatic rings. The predicted octanol–water partition coefficient (Wildman–Crippen LogP) is 4.68. The molecular weight excluding hydrogens is 424 g/mol. The predicted molar refractivity (Wildman–Crippen MR) is 118 cm³/mol. The first kappa shape index (κ1) is 22.2. The van der Waals surface area contributed by atoms with Crippen LogP contribution >= 0.6 is 23.4 Å². The average molecular weight is 447 g/mol. The SMILES string of the molecule is CC(C)(C)OC(=O)N[C@H]1CSc2ccc(C=O)cc2N(Cc2ccc(Cl)cc2)C1=O. The van der Waals surface area contributed by atoms with Crippen LogP contribution in [0, 0.1) is 0 Å². The fraction of sp³-hybridized carbons (Fsp3) is 0.318. The van der Waals surface area contributed by atoms with Gasteiger partial charge in [-0.1, -0.05) is 29.8 Å². The van der Waals surface area contributed by atoms with Crippen LogP contribution < -0.4 is 10.2 Å². The van der Waals surface area contributed by atoms with Crippen LogP contribution in [0.1, 0.15) is 36.7 Å². The number of amides is 2. The summed E-state index contributed by atoms with van der Waals surface area (Å²) in [6.07, 6.45) is 0.101. The topological polar surface area (TPSA) is 75.7 Å². The molecule has 30 heavy (non-hydrogen) atoms. The van der Waals surface area contributed by atoms with Gasteiger partial charge in [0.15, 0.2) is 0 Å². The number of nitrogens with zero attached hydrogens (tertiary/aromatic N) is 1. The van der Waals surface area contributed by atoms with E-state index in [4.69, 9.17) is 16.3 Å². The third-order valence-electron chi connectivity index (χ3n) is 4.32. The fourth-order valence-electron chi connectivity index (χ4n) is 2.98. The van der Waals surface area contributed by atoms with Gasteiger partial charge in [-0.05, 0) is 50.6 Å². The Hall–Kier alpha value is -2.51. The van der Waals surface area contributed by atoms with E-state index in [-0.39, 0.29) is 12.5 Å². The number of ether oxygens (including phenoxy) is 1. The maximum Gasteiger partial charge on any atom is 0.408 e. The van der Waals surface area contributed by atoms with Crippen LogP contribution in [0.15, 0.2) is 47.4 Å². The van der Waals surface area contributed by atoms with E-state index in [0.717, 1.165) is 16.7 Å². The highest BCUT2D eigenvalue weighted by atomic mass is 35.5. The molecule has 0 saturated carbocycles. The Morgan fingerprint density at radius 1 is 1.27 bits per heavy atom. The molecule has 0 radical (unpaired) electrons. The second kappa shape index (κ2) is 9.10. The Kier molecular flexibility index (Phi) is 6.73. The number of carbonyl (C=O) groups is 3. The van der Waals surface area contributed by atoms with Crippen molar-refractivity contribution in [1.29, 1.82) is 0 Å². The zero-order valence-corrected chi connectivity index (χ0v) is 18.5. The number of rotatable bonds is 4. The normalized spacial score (nSPS) is 16.5. The third-order valence-corrected chi connectivity index (χ3v) is 5.73. The Morgan fingerprint density at radius 3 is 2.60 bits per heavy atom. The van der Waals surface area contributed by atoms with Crippen LogP contribution in [-0.2, 0) is 16.1 Å². The molecule has 0 fully saturated rings. The first-order valence-electron chi connectivity index (χ1n) is 9.43. The van der Waals surface area contributed by atoms with Crippen molar-refractivity contribution >= 4 is 47.3 Å². The lowest BCUT2D eigenvalue weighted by molar-refractivity contribution is -0.120. The van der Waals surface area contributed by atoms with E-state index in [2.05, 4.69) is 5.32 Å². The zero-order chi connectivity index (χ0) is 21.9. The lowest BCUT2D eigenvalue weighted by atomic mass is 10.1. The van der Waals surface area contributed by atoms with Gasteiger partial charge >= 0.3 is 6.09 Å². The first-order valence-corrected chi connectivity index (χ1v) is 10.8. The first-order chi connectivity index (χ1) is 14.2. The molecule has 0 saturated heterocycles. The van der Waals surface area contributed by atoms with Crippen molar-refractivity contribution in [2.45, 2.75) is 43.9 Å². The summed E-state index contributed by atoms with van der Waals surface area (Å²) in [5.74, 6) is 0.0768. The van der Waals surface area contributed by atoms with Crippen molar-refractivity contribution in [3.8, 4) is 0 Å². The van der Waals surface area contributed by atoms with Gasteiger partial charge in [-0.25, -0.2) is 4.79 Å². The number of nitrogens with one attached hydrogen (secondary N) is 1. The molecule has 158 valence electrons. The molecule has 0 unspecified atom stereocenters. The van der Waals surface area contributed by atoms with Gasteiger partial charge in [0.1, 0.15) is 17.9 Å². The van der Waals surface area contributed by atoms with Gasteiger partial charge in [-0.3, -0.25) is 9.59 Å². The Morgan fingerprint density at radius 2 is 1.97 bits per heavy atom. The molecule has 0 spiro atoms. The smallest absolute Gasteiger partial charge is 0.408 e. The number of aldehydes is 1. The minimum atomic E-state index is -0.774. The lowest BCUT2D eigenvalue weighted by Gasteiger charge is -2.27. The van der Waals surface area contributed by atoms with Crippen LogP contribution in [0.2, 0.25) is 5.02 Å². The number of anilines is 1. The summed E-state index contributed by atoms with van der Waals surface area (Å²) in [7, 11) is 0. The molecule has 0 bridgehead atoms. The maximum atomic E-state index is 13.4. The number of fused-ring (bicyclic) bond motifs is 1. The Balaban J connectivity index is 1.93. The molecule has 2 aromatic carbocycles. The highest BCUT2D eigenvalue weighted by Crippen LogP contribution is 2.36. The van der Waals surface area contributed by atoms with Crippen molar-refractivity contribution in [3.63, 3.8) is 0 Å². The molecule has 6 nitrogen and oxygen atoms in total. The largest absolute Gasteiger partial charge is 0.444 e. The van der Waals surface area contributed by atoms with Crippen molar-refractivity contribution in [2.75, 3.05) is 10.7 Å². The monoisotopic (exact) mass is 446 g/mol. The molecule has 0 aliphatic carbocycles. The fourth-order valence-corrected chi connectivity index (χ4v) is 4.16. The molecule has 1 heterocycles. The summed E-state index contributed by atoms with van der Waals surface area (Å²) in [6.45, 7) is 5.57. The second-order valence-corrected chi connectivity index (χ2v) is 9.40. The Labute approximate surface area is 184 Å². The van der Waals surface area contributed by atoms with E-state index >= 15 is 0 Å². The summed E-state index contributed by atoms with van der Waals surface area (Å²) >= 11 is 7.43. The van der Waals surface area contributed by atoms with E-state index in [0.29, 0.717) is 22.0 Å². The molecule has 1 aliphatic heterocycles. The highest BCUT2D eigenvalue weighted by Gasteiger charge is 2.33. The Bertz CT molecular complexity index is 957. The van der Waals surface area contributed by atoms with E-state index in [9.17, 15) is 14.4 Å². The van der Waals surface area contributed by atoms with E-state index in [1.807, 2.05) is 18.2 Å². The van der Waals surface area contributed by atoms with Gasteiger partial charge in [0.25, 0.3) is 5.91 Å². The minimum absolute atomic E-state index is 0.273. The van der Waals surface area contributed by atoms with Gasteiger partial charge in [0.2, 0.25) is 0 Å². The highest BCUT2D eigenvalue weighted by molar-refractivity contribution is 7.99. The van der Waals surface area contributed by atoms with Crippen molar-refractivity contribution in [1.82, 2.24) is 5.32 Å². The van der Waals surface area contributed by atoms with Crippen LogP contribution in [0.3, 0.4) is 0 Å². The van der Waals surface area contributed by atoms with Crippen LogP contribution in [0.4, 0.5) is 10.5 Å². The molecular formula is C22H23ClN2O4S. The summed E-state index contributed by atoms with van der Waals surface area (Å²) < 4.78 is 5.32. The quantitative estimate of drug-likeness (QED) is 0.690. The maximum absolute atomic E-state index is 13.4. The van der Waals surface area contributed by atoms with Crippen molar-refractivity contribution < 1.29 is 19.1 Å². The van der Waals surface area contributed by atoms with Gasteiger partial charge in [0.05, 0.1) is 12.2 Å². The van der Waals surface area contributed by atoms with Crippen LogP contribution in [0.25, 0.3) is 0 Å². The molecule has 3 rings (SSSR count). The average Bonchev–Trinajstić information content (AvgIpc) is 2.80. The van der Waals surface area contributed by atoms with Gasteiger partial charge in [-0.15, -0.1) is 11.8 Å². The van der Waals surface area contributed by atoms with Crippen molar-refractivity contribution in [2.24, 2.45) is 0 Å². The summed E-state index contributed by atoms with van der Waals surface area (Å²) in [6, 6.07) is 11.6. The number of benzene rings is 2. The number of halogens is 1. The standard InChI is InChI=1S/C22H23ClN2O4S/c1-22(2,3)29-21(28)24-17-13-30-19-9-6-15(12-26)10-18(19)25(20(17)27)11-14-4-7-16(23)8-5-14/h4-10,12,17H,11,13H2,1-3H3,(H,24,28)/t17-/m0/s1. The number of alkyl carbamates (subject to hydrolysis) is 1. The summed E-state index contributed by atoms with van der Waals surface area (Å²) in [4.78, 5) is 39.4. The van der Waals surface area contributed by atoms with Gasteiger partial charge in [-0.2, -0.15) is 0 Å². The number of hydrogen-bond acceptors (Lipinski definition) is 5. The molecule has 1 N–H and O–H groups in total. The number of thioether (sulfide) groups is 1. The minimum Gasteiger partial charge on any atom is -0.444 e. The molecule has 2 aromatic rings. The van der Waals surface area contributed by atoms with E-state index in [1.165, 1.54) is 11.8 Å². The molecule has 8 heteroatoms. The van der Waals surface area contributed by atoms with E-state index in [1.54, 1.807) is 49.9 Å². The van der Waals surface area contributed by atoms with Crippen LogP contribution in [0.5, 0.6) is 0 Å². The van der Waals surface area contributed by atoms with Gasteiger partial charge < -0.3 is 15.0 Å². The molecule has 0 aromatic heterocycles. The third kappa shape index (κ3) is 5.55. The summed E-state index contributed by atoms with van der Waals surface area (Å²) in [5.41, 5.74) is 1.31. The zero-order valence-electron chi connectivity index (χ0n) is 17.0. The number of hydrogen-bond donors (Lipinski definition) is 1. The lowest BCUT2D eigenvalue weighted by Crippen LogP contribution is -2.50. The van der Waals surface area contributed by atoms with E-state index < -0.39 is 17.7 Å². The molecule has 1 atom stereocenters. The van der Waals surface area contributed by atoms with Crippen molar-refractivity contribution in [3.05, 3.63) is 58.6 Å². The van der Waals surface area contributed by atoms with Gasteiger partial charge in [0, 0.05) is 21.2 Å². The molecule has 2 amide bonds. The second-order valence-electron chi connectivity index (χ2n) is 7.91. The summed E-state index contributed by atoms with van der Waals surface area (Å²) in [5, 5.41) is 3.29. The van der Waals surface area contributed by atoms with Crippen LogP contribution in [-0.4, -0.2) is 35.7 Å².